The summed E-state index contributed by atoms with van der Waals surface area (Å²) >= 11 is 0. The second-order valence-corrected chi connectivity index (χ2v) is 0.408. The molecule has 1 nitrogen and oxygen atoms in total. The zero-order valence-corrected chi connectivity index (χ0v) is 5.41. The fourth-order valence-corrected chi connectivity index (χ4v) is 0. The first-order chi connectivity index (χ1) is 1.41. The van der Waals surface area contributed by atoms with Crippen LogP contribution in [0, 0.1) is 0 Å². The number of methoxy groups -OCH3 is 1. The van der Waals surface area contributed by atoms with Gasteiger partial charge in [0.1, 0.15) is 0 Å². The molecule has 0 aliphatic carbocycles. The van der Waals surface area contributed by atoms with Crippen LogP contribution < -0.4 is 0 Å². The Hall–Kier alpha value is 0.960. The van der Waals surface area contributed by atoms with Gasteiger partial charge in [-0.05, 0) is 0 Å². The molecule has 0 saturated heterocycles. The zero-order chi connectivity index (χ0) is 2.71. The number of ether oxygens (including phenoxy) is 1. The molecule has 0 aromatic heterocycles. The standard InChI is InChI=1S/C2H6O.Na/c1-3-2;/h1-2H3;. The second kappa shape index (κ2) is 9.03. The quantitative estimate of drug-likeness (QED) is 0.360. The minimum Gasteiger partial charge on any atom is -0.388 e. The van der Waals surface area contributed by atoms with Gasteiger partial charge in [0, 0.05) is 43.8 Å². The SMILES string of the molecule is COC.[Na]. The number of hydrogen-bond acceptors (Lipinski definition) is 1. The first kappa shape index (κ1) is 8.88. The molecule has 0 amide bonds. The summed E-state index contributed by atoms with van der Waals surface area (Å²) in [5.74, 6) is 0. The Bertz CT molecular complexity index is 6.00. The van der Waals surface area contributed by atoms with E-state index in [-0.39, 0.29) is 29.6 Å². The summed E-state index contributed by atoms with van der Waals surface area (Å²) in [4.78, 5) is 0. The predicted molar refractivity (Wildman–Crippen MR) is 18.7 cm³/mol. The van der Waals surface area contributed by atoms with Crippen LogP contribution in [0.5, 0.6) is 0 Å². The van der Waals surface area contributed by atoms with E-state index in [1.54, 1.807) is 14.2 Å². The zero-order valence-electron chi connectivity index (χ0n) is 3.41. The maximum atomic E-state index is 4.25. The van der Waals surface area contributed by atoms with Crippen molar-refractivity contribution in [2.75, 3.05) is 14.2 Å². The minimum absolute atomic E-state index is 0. The van der Waals surface area contributed by atoms with Crippen molar-refractivity contribution < 1.29 is 4.74 Å². The summed E-state index contributed by atoms with van der Waals surface area (Å²) in [5.41, 5.74) is 0. The van der Waals surface area contributed by atoms with Crippen molar-refractivity contribution in [1.82, 2.24) is 0 Å². The van der Waals surface area contributed by atoms with E-state index in [0.717, 1.165) is 0 Å². The van der Waals surface area contributed by atoms with Crippen LogP contribution in [0.4, 0.5) is 0 Å². The Labute approximate surface area is 48.6 Å². The van der Waals surface area contributed by atoms with Gasteiger partial charge in [-0.1, -0.05) is 0 Å². The second-order valence-electron chi connectivity index (χ2n) is 0.408. The van der Waals surface area contributed by atoms with Gasteiger partial charge in [-0.2, -0.15) is 0 Å². The summed E-state index contributed by atoms with van der Waals surface area (Å²) in [6.07, 6.45) is 0. The molecule has 0 heterocycles. The van der Waals surface area contributed by atoms with Crippen molar-refractivity contribution in [1.29, 1.82) is 0 Å². The van der Waals surface area contributed by atoms with Gasteiger partial charge in [0.15, 0.2) is 0 Å². The van der Waals surface area contributed by atoms with Crippen molar-refractivity contribution in [3.05, 3.63) is 0 Å². The van der Waals surface area contributed by atoms with Crippen LogP contribution in [0.3, 0.4) is 0 Å². The van der Waals surface area contributed by atoms with Crippen molar-refractivity contribution >= 4 is 29.6 Å². The summed E-state index contributed by atoms with van der Waals surface area (Å²) in [7, 11) is 3.25. The maximum absolute atomic E-state index is 4.25. The van der Waals surface area contributed by atoms with Crippen LogP contribution in [0.1, 0.15) is 0 Å². The Morgan fingerprint density at radius 1 is 1.25 bits per heavy atom. The molecule has 2 heteroatoms. The molecular weight excluding hydrogens is 63.0 g/mol. The molecule has 4 heavy (non-hydrogen) atoms. The fraction of sp³-hybridized carbons (Fsp3) is 1.00. The van der Waals surface area contributed by atoms with E-state index >= 15 is 0 Å². The van der Waals surface area contributed by atoms with Crippen LogP contribution >= 0.6 is 0 Å². The van der Waals surface area contributed by atoms with Crippen molar-refractivity contribution in [2.24, 2.45) is 0 Å². The van der Waals surface area contributed by atoms with Crippen LogP contribution in [0.25, 0.3) is 0 Å². The summed E-state index contributed by atoms with van der Waals surface area (Å²) < 4.78 is 4.25. The van der Waals surface area contributed by atoms with Gasteiger partial charge in [-0.25, -0.2) is 0 Å². The average molecular weight is 69.1 g/mol. The van der Waals surface area contributed by atoms with Gasteiger partial charge in [-0.3, -0.25) is 0 Å². The molecule has 0 N–H and O–H groups in total. The fourth-order valence-electron chi connectivity index (χ4n) is 0. The van der Waals surface area contributed by atoms with Crippen molar-refractivity contribution in [3.63, 3.8) is 0 Å². The predicted octanol–water partition coefficient (Wildman–Crippen LogP) is -0.118. The van der Waals surface area contributed by atoms with Gasteiger partial charge >= 0.3 is 0 Å². The van der Waals surface area contributed by atoms with Gasteiger partial charge in [0.2, 0.25) is 0 Å². The van der Waals surface area contributed by atoms with Gasteiger partial charge in [0.05, 0.1) is 0 Å². The van der Waals surface area contributed by atoms with E-state index in [2.05, 4.69) is 4.74 Å². The molecule has 0 bridgehead atoms. The molecule has 0 fully saturated rings. The van der Waals surface area contributed by atoms with Crippen LogP contribution in [-0.4, -0.2) is 43.8 Å². The first-order valence-electron chi connectivity index (χ1n) is 0.816. The molecule has 0 spiro atoms. The molecule has 0 aliphatic heterocycles. The van der Waals surface area contributed by atoms with Gasteiger partial charge < -0.3 is 4.74 Å². The Balaban J connectivity index is 0. The third kappa shape index (κ3) is 12.3. The number of hydrogen-bond donors (Lipinski definition) is 0. The number of rotatable bonds is 0. The van der Waals surface area contributed by atoms with E-state index in [1.165, 1.54) is 0 Å². The van der Waals surface area contributed by atoms with Crippen molar-refractivity contribution in [3.8, 4) is 0 Å². The monoisotopic (exact) mass is 69.0 g/mol. The molecular formula is C2H6NaO. The maximum Gasteiger partial charge on any atom is 0.0351 e. The van der Waals surface area contributed by atoms with Crippen molar-refractivity contribution in [2.45, 2.75) is 0 Å². The average Bonchev–Trinajstić information content (AvgIpc) is 0.918. The Morgan fingerprint density at radius 2 is 1.25 bits per heavy atom. The van der Waals surface area contributed by atoms with E-state index in [0.29, 0.717) is 0 Å². The first-order valence-corrected chi connectivity index (χ1v) is 0.816. The Kier molecular flexibility index (Phi) is 20.0. The van der Waals surface area contributed by atoms with E-state index in [9.17, 15) is 0 Å². The van der Waals surface area contributed by atoms with Crippen LogP contribution in [0.15, 0.2) is 0 Å². The third-order valence-electron chi connectivity index (χ3n) is 0. The molecule has 0 aliphatic rings. The molecule has 0 aromatic carbocycles. The normalized spacial score (nSPS) is 4.50. The van der Waals surface area contributed by atoms with Gasteiger partial charge in [0.25, 0.3) is 0 Å². The smallest absolute Gasteiger partial charge is 0.0351 e. The summed E-state index contributed by atoms with van der Waals surface area (Å²) in [5, 5.41) is 0. The molecule has 0 aromatic rings. The summed E-state index contributed by atoms with van der Waals surface area (Å²) in [6, 6.07) is 0. The topological polar surface area (TPSA) is 9.23 Å². The van der Waals surface area contributed by atoms with E-state index < -0.39 is 0 Å². The van der Waals surface area contributed by atoms with Crippen LogP contribution in [0.2, 0.25) is 0 Å². The molecule has 0 atom stereocenters. The minimum atomic E-state index is 0. The molecule has 0 rings (SSSR count). The molecule has 1 radical (unpaired) electrons. The van der Waals surface area contributed by atoms with Crippen LogP contribution in [-0.2, 0) is 4.74 Å². The van der Waals surface area contributed by atoms with Gasteiger partial charge in [-0.15, -0.1) is 0 Å². The molecule has 0 unspecified atom stereocenters. The molecule has 21 valence electrons. The van der Waals surface area contributed by atoms with E-state index in [4.69, 9.17) is 0 Å². The largest absolute Gasteiger partial charge is 0.388 e. The Morgan fingerprint density at radius 3 is 1.25 bits per heavy atom. The third-order valence-corrected chi connectivity index (χ3v) is 0. The molecule has 0 saturated carbocycles. The summed E-state index contributed by atoms with van der Waals surface area (Å²) in [6.45, 7) is 0. The van der Waals surface area contributed by atoms with E-state index in [1.807, 2.05) is 0 Å².